The topological polar surface area (TPSA) is 92.7 Å². The summed E-state index contributed by atoms with van der Waals surface area (Å²) in [6, 6.07) is 4.43. The molecule has 0 radical (unpaired) electrons. The van der Waals surface area contributed by atoms with E-state index >= 15 is 0 Å². The molecule has 0 aliphatic carbocycles. The minimum absolute atomic E-state index is 0.0104. The van der Waals surface area contributed by atoms with Crippen LogP contribution in [-0.2, 0) is 19.6 Å². The maximum absolute atomic E-state index is 12.7. The van der Waals surface area contributed by atoms with E-state index in [0.29, 0.717) is 12.8 Å². The Balaban J connectivity index is 1.93. The molecule has 1 saturated heterocycles. The second-order valence-electron chi connectivity index (χ2n) is 4.47. The number of ether oxygens (including phenoxy) is 1. The number of hydrogen-bond donors (Lipinski definition) is 2. The van der Waals surface area contributed by atoms with E-state index in [1.54, 1.807) is 0 Å². The molecule has 0 spiro atoms. The Morgan fingerprint density at radius 3 is 2.55 bits per heavy atom. The van der Waals surface area contributed by atoms with Crippen molar-refractivity contribution in [3.63, 3.8) is 0 Å². The first-order valence-electron chi connectivity index (χ1n) is 6.02. The molecule has 1 aromatic carbocycles. The Bertz CT molecular complexity index is 586. The number of rotatable bonds is 5. The lowest BCUT2D eigenvalue weighted by Gasteiger charge is -2.12. The highest BCUT2D eigenvalue weighted by molar-refractivity contribution is 7.89. The van der Waals surface area contributed by atoms with E-state index in [0.717, 1.165) is 24.3 Å². The largest absolute Gasteiger partial charge is 0.479 e. The predicted molar refractivity (Wildman–Crippen MR) is 67.1 cm³/mol. The summed E-state index contributed by atoms with van der Waals surface area (Å²) in [5.74, 6) is -1.57. The highest BCUT2D eigenvalue weighted by Gasteiger charge is 2.31. The number of carboxylic acid groups (broad SMARTS) is 1. The average Bonchev–Trinajstić information content (AvgIpc) is 2.86. The van der Waals surface area contributed by atoms with Gasteiger partial charge in [0.1, 0.15) is 5.82 Å². The third-order valence-electron chi connectivity index (χ3n) is 3.01. The van der Waals surface area contributed by atoms with Crippen molar-refractivity contribution in [2.75, 3.05) is 6.54 Å². The number of sulfonamides is 1. The zero-order valence-electron chi connectivity index (χ0n) is 10.5. The molecule has 2 unspecified atom stereocenters. The smallest absolute Gasteiger partial charge is 0.332 e. The Kier molecular flexibility index (Phi) is 4.36. The fourth-order valence-electron chi connectivity index (χ4n) is 1.94. The fourth-order valence-corrected chi connectivity index (χ4v) is 3.00. The molecular formula is C12H14FNO5S. The molecule has 1 aromatic rings. The van der Waals surface area contributed by atoms with Gasteiger partial charge in [-0.25, -0.2) is 22.3 Å². The quantitative estimate of drug-likeness (QED) is 0.837. The molecule has 1 heterocycles. The number of nitrogens with one attached hydrogen (secondary N) is 1. The summed E-state index contributed by atoms with van der Waals surface area (Å²) in [7, 11) is -3.75. The predicted octanol–water partition coefficient (Wildman–Crippen LogP) is 0.736. The summed E-state index contributed by atoms with van der Waals surface area (Å²) in [5.41, 5.74) is 0. The zero-order chi connectivity index (χ0) is 14.8. The van der Waals surface area contributed by atoms with Gasteiger partial charge in [-0.15, -0.1) is 0 Å². The standard InChI is InChI=1S/C12H14FNO5S/c13-8-1-4-10(5-2-8)20(17,18)14-7-9-3-6-11(19-9)12(15)16/h1-2,4-5,9,11,14H,3,6-7H2,(H,15,16). The first kappa shape index (κ1) is 14.9. The molecule has 1 fully saturated rings. The van der Waals surface area contributed by atoms with Gasteiger partial charge in [0.25, 0.3) is 0 Å². The van der Waals surface area contributed by atoms with Crippen molar-refractivity contribution in [2.24, 2.45) is 0 Å². The first-order valence-corrected chi connectivity index (χ1v) is 7.50. The third-order valence-corrected chi connectivity index (χ3v) is 4.45. The lowest BCUT2D eigenvalue weighted by molar-refractivity contribution is -0.149. The van der Waals surface area contributed by atoms with Crippen molar-refractivity contribution in [1.29, 1.82) is 0 Å². The molecule has 6 nitrogen and oxygen atoms in total. The molecular weight excluding hydrogens is 289 g/mol. The van der Waals surface area contributed by atoms with Gasteiger partial charge in [-0.05, 0) is 37.1 Å². The van der Waals surface area contributed by atoms with Crippen LogP contribution in [0.2, 0.25) is 0 Å². The van der Waals surface area contributed by atoms with E-state index in [2.05, 4.69) is 4.72 Å². The van der Waals surface area contributed by atoms with Gasteiger partial charge in [0.05, 0.1) is 11.0 Å². The van der Waals surface area contributed by atoms with E-state index in [1.807, 2.05) is 0 Å². The van der Waals surface area contributed by atoms with Crippen molar-refractivity contribution in [3.05, 3.63) is 30.1 Å². The lowest BCUT2D eigenvalue weighted by atomic mass is 10.2. The molecule has 8 heteroatoms. The molecule has 0 amide bonds. The van der Waals surface area contributed by atoms with Crippen molar-refractivity contribution in [2.45, 2.75) is 29.9 Å². The van der Waals surface area contributed by atoms with Gasteiger partial charge in [0.2, 0.25) is 10.0 Å². The molecule has 2 atom stereocenters. The molecule has 1 aliphatic rings. The van der Waals surface area contributed by atoms with E-state index < -0.39 is 34.0 Å². The van der Waals surface area contributed by atoms with Crippen LogP contribution in [0, 0.1) is 5.82 Å². The Morgan fingerprint density at radius 2 is 2.00 bits per heavy atom. The van der Waals surface area contributed by atoms with Crippen LogP contribution in [0.15, 0.2) is 29.2 Å². The number of halogens is 1. The van der Waals surface area contributed by atoms with Gasteiger partial charge in [-0.1, -0.05) is 0 Å². The summed E-state index contributed by atoms with van der Waals surface area (Å²) in [6.45, 7) is -0.0104. The van der Waals surface area contributed by atoms with Crippen LogP contribution < -0.4 is 4.72 Å². The van der Waals surface area contributed by atoms with Crippen LogP contribution in [0.5, 0.6) is 0 Å². The summed E-state index contributed by atoms with van der Waals surface area (Å²) in [5, 5.41) is 8.76. The number of carboxylic acids is 1. The summed E-state index contributed by atoms with van der Waals surface area (Å²) in [6.07, 6.45) is -0.511. The summed E-state index contributed by atoms with van der Waals surface area (Å²) >= 11 is 0. The maximum Gasteiger partial charge on any atom is 0.332 e. The van der Waals surface area contributed by atoms with E-state index in [4.69, 9.17) is 9.84 Å². The lowest BCUT2D eigenvalue weighted by Crippen LogP contribution is -2.33. The number of carbonyl (C=O) groups is 1. The highest BCUT2D eigenvalue weighted by atomic mass is 32.2. The van der Waals surface area contributed by atoms with Gasteiger partial charge in [0, 0.05) is 6.54 Å². The van der Waals surface area contributed by atoms with Crippen LogP contribution in [0.3, 0.4) is 0 Å². The van der Waals surface area contributed by atoms with E-state index in [1.165, 1.54) is 0 Å². The van der Waals surface area contributed by atoms with Crippen molar-refractivity contribution >= 4 is 16.0 Å². The monoisotopic (exact) mass is 303 g/mol. The first-order chi connectivity index (χ1) is 9.38. The van der Waals surface area contributed by atoms with Gasteiger partial charge in [0.15, 0.2) is 6.10 Å². The van der Waals surface area contributed by atoms with Crippen molar-refractivity contribution in [1.82, 2.24) is 4.72 Å². The number of benzene rings is 1. The van der Waals surface area contributed by atoms with Gasteiger partial charge in [-0.3, -0.25) is 0 Å². The van der Waals surface area contributed by atoms with E-state index in [9.17, 15) is 17.6 Å². The van der Waals surface area contributed by atoms with Crippen molar-refractivity contribution < 1.29 is 27.4 Å². The SMILES string of the molecule is O=C(O)C1CCC(CNS(=O)(=O)c2ccc(F)cc2)O1. The van der Waals surface area contributed by atoms with Crippen molar-refractivity contribution in [3.8, 4) is 0 Å². The average molecular weight is 303 g/mol. The summed E-state index contributed by atoms with van der Waals surface area (Å²) in [4.78, 5) is 10.7. The summed E-state index contributed by atoms with van der Waals surface area (Å²) < 4.78 is 44.1. The Hall–Kier alpha value is -1.51. The van der Waals surface area contributed by atoms with Crippen LogP contribution in [0.25, 0.3) is 0 Å². The fraction of sp³-hybridized carbons (Fsp3) is 0.417. The van der Waals surface area contributed by atoms with Crippen LogP contribution in [0.1, 0.15) is 12.8 Å². The van der Waals surface area contributed by atoms with Crippen LogP contribution in [-0.4, -0.2) is 38.2 Å². The zero-order valence-corrected chi connectivity index (χ0v) is 11.3. The molecule has 110 valence electrons. The molecule has 2 rings (SSSR count). The minimum atomic E-state index is -3.75. The minimum Gasteiger partial charge on any atom is -0.479 e. The van der Waals surface area contributed by atoms with E-state index in [-0.39, 0.29) is 11.4 Å². The molecule has 0 aromatic heterocycles. The normalized spacial score (nSPS) is 22.9. The molecule has 2 N–H and O–H groups in total. The Morgan fingerprint density at radius 1 is 1.35 bits per heavy atom. The van der Waals surface area contributed by atoms with Gasteiger partial charge >= 0.3 is 5.97 Å². The highest BCUT2D eigenvalue weighted by Crippen LogP contribution is 2.20. The molecule has 0 saturated carbocycles. The molecule has 0 bridgehead atoms. The van der Waals surface area contributed by atoms with Gasteiger partial charge in [-0.2, -0.15) is 0 Å². The second kappa shape index (κ2) is 5.86. The van der Waals surface area contributed by atoms with Crippen LogP contribution >= 0.6 is 0 Å². The number of hydrogen-bond acceptors (Lipinski definition) is 4. The van der Waals surface area contributed by atoms with Gasteiger partial charge < -0.3 is 9.84 Å². The number of aliphatic carboxylic acids is 1. The third kappa shape index (κ3) is 3.53. The second-order valence-corrected chi connectivity index (χ2v) is 6.24. The maximum atomic E-state index is 12.7. The molecule has 1 aliphatic heterocycles. The molecule has 20 heavy (non-hydrogen) atoms. The van der Waals surface area contributed by atoms with Crippen LogP contribution in [0.4, 0.5) is 4.39 Å². The Labute approximate surface area is 115 Å².